The number of hydrogen-bond acceptors (Lipinski definition) is 3. The SMILES string of the molecule is Cc1ccc2nc(C(C)Cl)n(C(C)c3ncc(C)s3)c2c1. The minimum atomic E-state index is -0.138. The van der Waals surface area contributed by atoms with Gasteiger partial charge in [0.25, 0.3) is 0 Å². The lowest BCUT2D eigenvalue weighted by Gasteiger charge is -2.16. The molecule has 3 rings (SSSR count). The van der Waals surface area contributed by atoms with Crippen LogP contribution in [0.5, 0.6) is 0 Å². The Balaban J connectivity index is 2.23. The zero-order valence-electron chi connectivity index (χ0n) is 12.6. The number of imidazole rings is 1. The zero-order valence-corrected chi connectivity index (χ0v) is 14.2. The first kappa shape index (κ1) is 14.5. The van der Waals surface area contributed by atoms with E-state index in [-0.39, 0.29) is 11.4 Å². The number of rotatable bonds is 3. The van der Waals surface area contributed by atoms with Crippen molar-refractivity contribution >= 4 is 34.0 Å². The standard InChI is InChI=1S/C16H18ClN3S/c1-9-5-6-13-14(7-9)20(15(19-13)11(3)17)12(4)16-18-8-10(2)21-16/h5-8,11-12H,1-4H3. The van der Waals surface area contributed by atoms with Crippen LogP contribution in [0.4, 0.5) is 0 Å². The summed E-state index contributed by atoms with van der Waals surface area (Å²) >= 11 is 8.08. The Morgan fingerprint density at radius 1 is 1.24 bits per heavy atom. The smallest absolute Gasteiger partial charge is 0.128 e. The highest BCUT2D eigenvalue weighted by molar-refractivity contribution is 7.11. The van der Waals surface area contributed by atoms with E-state index in [2.05, 4.69) is 48.5 Å². The first-order chi connectivity index (χ1) is 9.97. The summed E-state index contributed by atoms with van der Waals surface area (Å²) in [5.41, 5.74) is 3.33. The molecule has 0 aliphatic heterocycles. The largest absolute Gasteiger partial charge is 0.317 e. The van der Waals surface area contributed by atoms with E-state index >= 15 is 0 Å². The molecule has 0 amide bonds. The molecule has 110 valence electrons. The lowest BCUT2D eigenvalue weighted by molar-refractivity contribution is 0.615. The van der Waals surface area contributed by atoms with Gasteiger partial charge in [-0.15, -0.1) is 22.9 Å². The molecule has 0 spiro atoms. The monoisotopic (exact) mass is 319 g/mol. The Morgan fingerprint density at radius 3 is 2.62 bits per heavy atom. The fourth-order valence-corrected chi connectivity index (χ4v) is 3.56. The third kappa shape index (κ3) is 2.58. The van der Waals surface area contributed by atoms with Crippen LogP contribution in [0, 0.1) is 13.8 Å². The Hall–Kier alpha value is -1.39. The Kier molecular flexibility index (Phi) is 3.76. The van der Waals surface area contributed by atoms with Crippen molar-refractivity contribution < 1.29 is 0 Å². The number of aryl methyl sites for hydroxylation is 2. The van der Waals surface area contributed by atoms with E-state index in [0.717, 1.165) is 21.9 Å². The summed E-state index contributed by atoms with van der Waals surface area (Å²) in [4.78, 5) is 10.5. The molecule has 0 N–H and O–H groups in total. The highest BCUT2D eigenvalue weighted by Gasteiger charge is 2.21. The van der Waals surface area contributed by atoms with Crippen molar-refractivity contribution in [2.75, 3.05) is 0 Å². The molecule has 0 bridgehead atoms. The highest BCUT2D eigenvalue weighted by Crippen LogP contribution is 2.32. The molecule has 3 aromatic rings. The van der Waals surface area contributed by atoms with Crippen LogP contribution in [0.3, 0.4) is 0 Å². The van der Waals surface area contributed by atoms with Crippen molar-refractivity contribution in [1.82, 2.24) is 14.5 Å². The van der Waals surface area contributed by atoms with Crippen LogP contribution in [0.25, 0.3) is 11.0 Å². The maximum absolute atomic E-state index is 6.36. The van der Waals surface area contributed by atoms with E-state index in [1.54, 1.807) is 11.3 Å². The van der Waals surface area contributed by atoms with Crippen LogP contribution in [0.15, 0.2) is 24.4 Å². The maximum Gasteiger partial charge on any atom is 0.128 e. The summed E-state index contributed by atoms with van der Waals surface area (Å²) in [6.45, 7) is 8.30. The van der Waals surface area contributed by atoms with Gasteiger partial charge in [0.05, 0.1) is 22.5 Å². The topological polar surface area (TPSA) is 30.7 Å². The highest BCUT2D eigenvalue weighted by atomic mass is 35.5. The molecule has 5 heteroatoms. The minimum Gasteiger partial charge on any atom is -0.317 e. The second-order valence-corrected chi connectivity index (χ2v) is 7.35. The zero-order chi connectivity index (χ0) is 15.1. The molecule has 2 aromatic heterocycles. The minimum absolute atomic E-state index is 0.131. The van der Waals surface area contributed by atoms with Gasteiger partial charge in [0, 0.05) is 11.1 Å². The summed E-state index contributed by atoms with van der Waals surface area (Å²) in [7, 11) is 0. The fraction of sp³-hybridized carbons (Fsp3) is 0.375. The molecular formula is C16H18ClN3S. The number of thiazole rings is 1. The van der Waals surface area contributed by atoms with Crippen LogP contribution in [-0.4, -0.2) is 14.5 Å². The quantitative estimate of drug-likeness (QED) is 0.635. The molecule has 21 heavy (non-hydrogen) atoms. The van der Waals surface area contributed by atoms with Gasteiger partial charge < -0.3 is 4.57 Å². The second kappa shape index (κ2) is 5.43. The van der Waals surface area contributed by atoms with E-state index in [1.807, 2.05) is 13.1 Å². The number of aromatic nitrogens is 3. The Labute approximate surface area is 133 Å². The lowest BCUT2D eigenvalue weighted by Crippen LogP contribution is -2.11. The number of alkyl halides is 1. The molecule has 3 nitrogen and oxygen atoms in total. The third-order valence-corrected chi connectivity index (χ3v) is 4.89. The molecule has 2 unspecified atom stereocenters. The molecule has 0 fully saturated rings. The molecule has 0 radical (unpaired) electrons. The molecule has 0 aliphatic carbocycles. The molecule has 0 saturated carbocycles. The first-order valence-corrected chi connectivity index (χ1v) is 8.27. The van der Waals surface area contributed by atoms with Gasteiger partial charge in [-0.25, -0.2) is 9.97 Å². The van der Waals surface area contributed by atoms with E-state index in [4.69, 9.17) is 16.6 Å². The van der Waals surface area contributed by atoms with Crippen LogP contribution in [-0.2, 0) is 0 Å². The molecule has 1 aromatic carbocycles. The van der Waals surface area contributed by atoms with Crippen LogP contribution in [0.1, 0.15) is 46.5 Å². The van der Waals surface area contributed by atoms with Crippen molar-refractivity contribution in [2.45, 2.75) is 39.1 Å². The number of hydrogen-bond donors (Lipinski definition) is 0. The predicted molar refractivity (Wildman–Crippen MR) is 89.4 cm³/mol. The van der Waals surface area contributed by atoms with Gasteiger partial charge in [-0.1, -0.05) is 6.07 Å². The van der Waals surface area contributed by atoms with Crippen molar-refractivity contribution in [3.8, 4) is 0 Å². The van der Waals surface area contributed by atoms with Gasteiger partial charge in [-0.3, -0.25) is 0 Å². The van der Waals surface area contributed by atoms with Gasteiger partial charge in [0.15, 0.2) is 0 Å². The average Bonchev–Trinajstić information content (AvgIpc) is 3.01. The van der Waals surface area contributed by atoms with Crippen LogP contribution >= 0.6 is 22.9 Å². The van der Waals surface area contributed by atoms with Gasteiger partial charge in [-0.05, 0) is 45.4 Å². The number of benzene rings is 1. The molecular weight excluding hydrogens is 302 g/mol. The summed E-state index contributed by atoms with van der Waals surface area (Å²) in [6, 6.07) is 6.44. The third-order valence-electron chi connectivity index (χ3n) is 3.61. The van der Waals surface area contributed by atoms with Gasteiger partial charge >= 0.3 is 0 Å². The van der Waals surface area contributed by atoms with Gasteiger partial charge in [-0.2, -0.15) is 0 Å². The van der Waals surface area contributed by atoms with Crippen LogP contribution in [0.2, 0.25) is 0 Å². The number of nitrogens with zero attached hydrogens (tertiary/aromatic N) is 3. The van der Waals surface area contributed by atoms with E-state index in [9.17, 15) is 0 Å². The van der Waals surface area contributed by atoms with Crippen molar-refractivity contribution in [2.24, 2.45) is 0 Å². The number of halogens is 1. The van der Waals surface area contributed by atoms with E-state index < -0.39 is 0 Å². The lowest BCUT2D eigenvalue weighted by atomic mass is 10.2. The first-order valence-electron chi connectivity index (χ1n) is 7.02. The van der Waals surface area contributed by atoms with Crippen LogP contribution < -0.4 is 0 Å². The van der Waals surface area contributed by atoms with E-state index in [0.29, 0.717) is 0 Å². The molecule has 2 heterocycles. The fourth-order valence-electron chi connectivity index (χ4n) is 2.59. The van der Waals surface area contributed by atoms with Crippen molar-refractivity contribution in [3.05, 3.63) is 45.7 Å². The second-order valence-electron chi connectivity index (χ2n) is 5.43. The molecule has 0 aliphatic rings. The Morgan fingerprint density at radius 2 is 2.00 bits per heavy atom. The maximum atomic E-state index is 6.36. The predicted octanol–water partition coefficient (Wildman–Crippen LogP) is 5.02. The number of fused-ring (bicyclic) bond motifs is 1. The van der Waals surface area contributed by atoms with Crippen molar-refractivity contribution in [3.63, 3.8) is 0 Å². The average molecular weight is 320 g/mol. The van der Waals surface area contributed by atoms with Gasteiger partial charge in [0.1, 0.15) is 10.8 Å². The molecule has 2 atom stereocenters. The normalized spacial score (nSPS) is 14.5. The summed E-state index contributed by atoms with van der Waals surface area (Å²) in [5.74, 6) is 0.901. The van der Waals surface area contributed by atoms with Crippen molar-refractivity contribution in [1.29, 1.82) is 0 Å². The summed E-state index contributed by atoms with van der Waals surface area (Å²) in [5, 5.41) is 0.952. The van der Waals surface area contributed by atoms with E-state index in [1.165, 1.54) is 10.4 Å². The summed E-state index contributed by atoms with van der Waals surface area (Å²) in [6.07, 6.45) is 1.92. The molecule has 0 saturated heterocycles. The Bertz CT molecular complexity index is 788. The summed E-state index contributed by atoms with van der Waals surface area (Å²) < 4.78 is 2.22. The van der Waals surface area contributed by atoms with Gasteiger partial charge in [0.2, 0.25) is 0 Å².